The molecule has 0 aliphatic carbocycles. The number of benzene rings is 1. The average Bonchev–Trinajstić information content (AvgIpc) is 3.51. The number of nitrogens with one attached hydrogen (secondary N) is 1. The highest BCUT2D eigenvalue weighted by molar-refractivity contribution is 9.11. The third-order valence-corrected chi connectivity index (χ3v) is 7.82. The molecule has 36 heavy (non-hydrogen) atoms. The molecule has 0 aliphatic rings. The number of nitrogens with zero attached hydrogens (tertiary/aromatic N) is 1. The van der Waals surface area contributed by atoms with Crippen LogP contribution in [0.15, 0.2) is 58.8 Å². The van der Waals surface area contributed by atoms with Crippen LogP contribution in [0, 0.1) is 5.92 Å². The molecule has 0 atom stereocenters. The molecule has 2 heterocycles. The van der Waals surface area contributed by atoms with Gasteiger partial charge < -0.3 is 4.98 Å². The summed E-state index contributed by atoms with van der Waals surface area (Å²) in [5.74, 6) is 0.818. The lowest BCUT2D eigenvalue weighted by atomic mass is 9.41. The van der Waals surface area contributed by atoms with Gasteiger partial charge in [0.05, 0.1) is 6.33 Å². The van der Waals surface area contributed by atoms with Crippen molar-refractivity contribution in [1.82, 2.24) is 9.97 Å². The van der Waals surface area contributed by atoms with Gasteiger partial charge in [0, 0.05) is 11.9 Å². The normalized spacial score (nSPS) is 12.0. The van der Waals surface area contributed by atoms with Crippen LogP contribution in [0.2, 0.25) is 6.32 Å². The van der Waals surface area contributed by atoms with E-state index < -0.39 is 0 Å². The van der Waals surface area contributed by atoms with Crippen molar-refractivity contribution in [1.29, 1.82) is 0 Å². The highest BCUT2D eigenvalue weighted by Gasteiger charge is 2.23. The van der Waals surface area contributed by atoms with Crippen molar-refractivity contribution < 1.29 is 0 Å². The molecule has 3 rings (SSSR count). The standard InChI is InChI=1S/C22H30BBrS.C9H16N2/c1-6-7-8-18-9-11-20(12-10-18)23(14-13-17(2)24)21-15-19(16-25-21)22(3,4)5;1-8(2)4-3-5-9-6-10-7-11-9/h9-13,15-16H,6-8,14H2,1-5H3;6-8H,3-5H2,1-2H3,(H,10,11). The van der Waals surface area contributed by atoms with Gasteiger partial charge in [0.25, 0.3) is 0 Å². The minimum atomic E-state index is 0.213. The average molecular weight is 570 g/mol. The van der Waals surface area contributed by atoms with Crippen molar-refractivity contribution in [2.75, 3.05) is 0 Å². The number of aryl methyl sites for hydroxylation is 2. The Kier molecular flexibility index (Phi) is 13.3. The zero-order chi connectivity index (χ0) is 26.6. The van der Waals surface area contributed by atoms with Gasteiger partial charge in [-0.1, -0.05) is 112 Å². The molecule has 196 valence electrons. The van der Waals surface area contributed by atoms with Crippen LogP contribution in [0.5, 0.6) is 0 Å². The van der Waals surface area contributed by atoms with Gasteiger partial charge in [-0.15, -0.1) is 0 Å². The zero-order valence-corrected chi connectivity index (χ0v) is 25.9. The summed E-state index contributed by atoms with van der Waals surface area (Å²) in [4.78, 5) is 7.06. The van der Waals surface area contributed by atoms with Gasteiger partial charge in [-0.25, -0.2) is 4.98 Å². The zero-order valence-electron chi connectivity index (χ0n) is 23.5. The van der Waals surface area contributed by atoms with Crippen molar-refractivity contribution in [3.05, 3.63) is 75.6 Å². The van der Waals surface area contributed by atoms with E-state index in [0.29, 0.717) is 6.71 Å². The highest BCUT2D eigenvalue weighted by atomic mass is 79.9. The number of aromatic nitrogens is 2. The molecular formula is C31H46BBrN2S. The van der Waals surface area contributed by atoms with Crippen LogP contribution in [0.4, 0.5) is 0 Å². The Morgan fingerprint density at radius 1 is 1.14 bits per heavy atom. The number of thiophene rings is 1. The minimum Gasteiger partial charge on any atom is -0.348 e. The summed E-state index contributed by atoms with van der Waals surface area (Å²) >= 11 is 5.49. The Bertz CT molecular complexity index is 1010. The molecule has 2 aromatic heterocycles. The summed E-state index contributed by atoms with van der Waals surface area (Å²) in [6.45, 7) is 16.2. The quantitative estimate of drug-likeness (QED) is 0.230. The van der Waals surface area contributed by atoms with Crippen LogP contribution < -0.4 is 10.2 Å². The molecule has 0 spiro atoms. The van der Waals surface area contributed by atoms with Crippen molar-refractivity contribution in [3.8, 4) is 0 Å². The maximum Gasteiger partial charge on any atom is 0.226 e. The Balaban J connectivity index is 0.000000346. The van der Waals surface area contributed by atoms with E-state index in [2.05, 4.69) is 116 Å². The van der Waals surface area contributed by atoms with Gasteiger partial charge in [0.1, 0.15) is 0 Å². The van der Waals surface area contributed by atoms with Crippen LogP contribution in [-0.4, -0.2) is 16.7 Å². The van der Waals surface area contributed by atoms with E-state index >= 15 is 0 Å². The molecule has 0 bridgehead atoms. The fourth-order valence-corrected chi connectivity index (χ4v) is 5.51. The molecule has 1 aromatic carbocycles. The first-order valence-electron chi connectivity index (χ1n) is 13.6. The number of halogens is 1. The molecule has 0 aliphatic heterocycles. The third-order valence-electron chi connectivity index (χ3n) is 6.45. The predicted molar refractivity (Wildman–Crippen MR) is 167 cm³/mol. The first-order chi connectivity index (χ1) is 17.1. The Labute approximate surface area is 233 Å². The number of rotatable bonds is 11. The van der Waals surface area contributed by atoms with Crippen LogP contribution in [0.1, 0.15) is 91.0 Å². The van der Waals surface area contributed by atoms with Crippen LogP contribution in [-0.2, 0) is 18.3 Å². The molecule has 0 radical (unpaired) electrons. The molecule has 0 saturated heterocycles. The summed E-state index contributed by atoms with van der Waals surface area (Å²) in [6, 6.07) is 11.7. The van der Waals surface area contributed by atoms with E-state index in [0.717, 1.165) is 18.7 Å². The number of hydrogen-bond acceptors (Lipinski definition) is 2. The van der Waals surface area contributed by atoms with Gasteiger partial charge in [-0.05, 0) is 76.0 Å². The molecule has 2 nitrogen and oxygen atoms in total. The Morgan fingerprint density at radius 2 is 1.86 bits per heavy atom. The lowest BCUT2D eigenvalue weighted by molar-refractivity contribution is 0.553. The lowest BCUT2D eigenvalue weighted by Crippen LogP contribution is -2.40. The van der Waals surface area contributed by atoms with Crippen molar-refractivity contribution >= 4 is 44.2 Å². The molecule has 0 fully saturated rings. The summed E-state index contributed by atoms with van der Waals surface area (Å²) in [7, 11) is 0. The topological polar surface area (TPSA) is 28.7 Å². The molecule has 0 saturated carbocycles. The fourth-order valence-electron chi connectivity index (χ4n) is 4.05. The van der Waals surface area contributed by atoms with E-state index in [-0.39, 0.29) is 5.41 Å². The monoisotopic (exact) mass is 568 g/mol. The molecular weight excluding hydrogens is 523 g/mol. The third kappa shape index (κ3) is 11.2. The fraction of sp³-hybridized carbons (Fsp3) is 0.516. The van der Waals surface area contributed by atoms with Crippen LogP contribution in [0.25, 0.3) is 0 Å². The summed E-state index contributed by atoms with van der Waals surface area (Å²) < 4.78 is 2.68. The number of aromatic amines is 1. The van der Waals surface area contributed by atoms with Crippen molar-refractivity contribution in [3.63, 3.8) is 0 Å². The number of imidazole rings is 1. The molecule has 3 aromatic rings. The second-order valence-corrected chi connectivity index (χ2v) is 13.5. The van der Waals surface area contributed by atoms with Gasteiger partial charge in [0.15, 0.2) is 0 Å². The maximum atomic E-state index is 3.96. The Morgan fingerprint density at radius 3 is 2.39 bits per heavy atom. The summed E-state index contributed by atoms with van der Waals surface area (Å²) in [5, 5.41) is 2.34. The first-order valence-corrected chi connectivity index (χ1v) is 15.2. The second kappa shape index (κ2) is 15.6. The first kappa shape index (κ1) is 30.6. The van der Waals surface area contributed by atoms with E-state index in [9.17, 15) is 0 Å². The minimum absolute atomic E-state index is 0.213. The highest BCUT2D eigenvalue weighted by Crippen LogP contribution is 2.24. The molecule has 1 N–H and O–H groups in total. The molecule has 5 heteroatoms. The number of hydrogen-bond donors (Lipinski definition) is 1. The number of unbranched alkanes of at least 4 members (excludes halogenated alkanes) is 1. The van der Waals surface area contributed by atoms with Crippen LogP contribution in [0.3, 0.4) is 0 Å². The van der Waals surface area contributed by atoms with E-state index in [1.165, 1.54) is 63.6 Å². The van der Waals surface area contributed by atoms with Crippen molar-refractivity contribution in [2.24, 2.45) is 5.92 Å². The van der Waals surface area contributed by atoms with Gasteiger partial charge in [0.2, 0.25) is 6.71 Å². The molecule has 0 amide bonds. The van der Waals surface area contributed by atoms with Gasteiger partial charge in [-0.2, -0.15) is 11.3 Å². The second-order valence-electron chi connectivity index (χ2n) is 11.3. The van der Waals surface area contributed by atoms with E-state index in [4.69, 9.17) is 0 Å². The van der Waals surface area contributed by atoms with E-state index in [1.54, 1.807) is 6.33 Å². The summed E-state index contributed by atoms with van der Waals surface area (Å²) in [6.07, 6.45) is 14.4. The van der Waals surface area contributed by atoms with Crippen molar-refractivity contribution in [2.45, 2.75) is 98.7 Å². The Hall–Kier alpha value is -1.59. The lowest BCUT2D eigenvalue weighted by Gasteiger charge is -2.16. The van der Waals surface area contributed by atoms with Crippen LogP contribution >= 0.6 is 27.3 Å². The maximum absolute atomic E-state index is 3.96. The number of allylic oxidation sites excluding steroid dienone is 2. The number of H-pyrrole nitrogens is 1. The predicted octanol–water partition coefficient (Wildman–Crippen LogP) is 8.68. The molecule has 0 unspecified atom stereocenters. The smallest absolute Gasteiger partial charge is 0.226 e. The SMILES string of the molecule is CC(C)CCCc1cnc[nH]1.CCCCc1ccc(B(CC=C(C)Br)c2cc(C(C)(C)C)cs2)cc1. The van der Waals surface area contributed by atoms with Gasteiger partial charge in [-0.3, -0.25) is 0 Å². The van der Waals surface area contributed by atoms with E-state index in [1.807, 2.05) is 17.5 Å². The largest absolute Gasteiger partial charge is 0.348 e. The van der Waals surface area contributed by atoms with Gasteiger partial charge >= 0.3 is 0 Å². The summed E-state index contributed by atoms with van der Waals surface area (Å²) in [5.41, 5.74) is 5.79.